The summed E-state index contributed by atoms with van der Waals surface area (Å²) < 4.78 is 8.98. The van der Waals surface area contributed by atoms with E-state index in [0.29, 0.717) is 6.42 Å². The summed E-state index contributed by atoms with van der Waals surface area (Å²) in [6.45, 7) is 8.48. The predicted octanol–water partition coefficient (Wildman–Crippen LogP) is 2.25. The summed E-state index contributed by atoms with van der Waals surface area (Å²) in [4.78, 5) is 37.3. The zero-order valence-electron chi connectivity index (χ0n) is 13.3. The molecule has 0 bridgehead atoms. The van der Waals surface area contributed by atoms with E-state index in [0.717, 1.165) is 0 Å². The Kier molecular flexibility index (Phi) is 4.32. The molecule has 0 aliphatic carbocycles. The van der Waals surface area contributed by atoms with Crippen LogP contribution in [0.5, 0.6) is 0 Å². The van der Waals surface area contributed by atoms with Gasteiger partial charge >= 0.3 is 11.9 Å². The first kappa shape index (κ1) is 17.6. The molecule has 2 aliphatic heterocycles. The number of carbonyl (C=O) groups is 3. The molecule has 0 aromatic rings. The molecule has 1 amide bonds. The van der Waals surface area contributed by atoms with Crippen molar-refractivity contribution < 1.29 is 23.9 Å². The van der Waals surface area contributed by atoms with Crippen LogP contribution in [0.25, 0.3) is 0 Å². The van der Waals surface area contributed by atoms with Gasteiger partial charge in [-0.15, -0.1) is 11.8 Å². The van der Waals surface area contributed by atoms with Crippen LogP contribution in [0, 0.1) is 5.41 Å². The highest BCUT2D eigenvalue weighted by Gasteiger charge is 2.67. The minimum absolute atomic E-state index is 0.0939. The zero-order chi connectivity index (χ0) is 16.9. The van der Waals surface area contributed by atoms with E-state index in [2.05, 4.69) is 15.9 Å². The molecule has 0 aromatic carbocycles. The second kappa shape index (κ2) is 5.40. The summed E-state index contributed by atoms with van der Waals surface area (Å²) in [7, 11) is 0. The monoisotopic (exact) mass is 393 g/mol. The van der Waals surface area contributed by atoms with Gasteiger partial charge in [0, 0.05) is 4.75 Å². The van der Waals surface area contributed by atoms with E-state index in [4.69, 9.17) is 9.47 Å². The maximum absolute atomic E-state index is 12.3. The fourth-order valence-corrected chi connectivity index (χ4v) is 5.98. The molecule has 0 N–H and O–H groups in total. The molecule has 0 radical (unpaired) electrons. The van der Waals surface area contributed by atoms with Crippen LogP contribution in [0.4, 0.5) is 0 Å². The van der Waals surface area contributed by atoms with E-state index in [9.17, 15) is 14.4 Å². The zero-order valence-corrected chi connectivity index (χ0v) is 15.7. The number of ether oxygens (including phenoxy) is 2. The number of esters is 2. The van der Waals surface area contributed by atoms with Gasteiger partial charge in [0.25, 0.3) is 0 Å². The summed E-state index contributed by atoms with van der Waals surface area (Å²) in [5.41, 5.74) is -0.659. The van der Waals surface area contributed by atoms with E-state index in [1.165, 1.54) is 16.7 Å². The number of hydrogen-bond acceptors (Lipinski definition) is 6. The van der Waals surface area contributed by atoms with Crippen molar-refractivity contribution in [3.8, 4) is 0 Å². The standard InChI is InChI=1S/C14H20BrNO5S/c1-12(2,3)11(19)21-7-20-10(18)9-13(4,5)22-14(15)6-8(17)16(9)14/h9H,6-7H2,1-5H3/t9-,14?/m0/s1. The number of rotatable bonds is 3. The summed E-state index contributed by atoms with van der Waals surface area (Å²) in [6, 6.07) is -0.702. The number of halogens is 1. The van der Waals surface area contributed by atoms with Gasteiger partial charge in [-0.05, 0) is 50.5 Å². The largest absolute Gasteiger partial charge is 0.427 e. The summed E-state index contributed by atoms with van der Waals surface area (Å²) in [5, 5.41) is 0. The third kappa shape index (κ3) is 2.99. The van der Waals surface area contributed by atoms with Gasteiger partial charge in [0.1, 0.15) is 6.04 Å². The lowest BCUT2D eigenvalue weighted by Gasteiger charge is -2.43. The molecule has 2 atom stereocenters. The Hall–Kier alpha value is -0.760. The highest BCUT2D eigenvalue weighted by Crippen LogP contribution is 2.61. The molecule has 0 aromatic heterocycles. The molecule has 124 valence electrons. The Bertz CT molecular complexity index is 530. The Morgan fingerprint density at radius 3 is 2.45 bits per heavy atom. The van der Waals surface area contributed by atoms with Crippen LogP contribution in [0.3, 0.4) is 0 Å². The minimum atomic E-state index is -0.702. The molecule has 8 heteroatoms. The van der Waals surface area contributed by atoms with Crippen molar-refractivity contribution in [3.05, 3.63) is 0 Å². The van der Waals surface area contributed by atoms with Gasteiger partial charge in [-0.1, -0.05) is 0 Å². The summed E-state index contributed by atoms with van der Waals surface area (Å²) in [5.74, 6) is -1.10. The van der Waals surface area contributed by atoms with Crippen LogP contribution in [-0.2, 0) is 23.9 Å². The second-order valence-corrected chi connectivity index (χ2v) is 10.8. The number of β-lactam (4-membered cyclic amide) rings is 1. The lowest BCUT2D eigenvalue weighted by atomic mass is 9.97. The topological polar surface area (TPSA) is 72.9 Å². The van der Waals surface area contributed by atoms with Crippen LogP contribution in [0.2, 0.25) is 0 Å². The molecule has 2 fully saturated rings. The van der Waals surface area contributed by atoms with E-state index in [-0.39, 0.29) is 5.91 Å². The number of fused-ring (bicyclic) bond motifs is 1. The predicted molar refractivity (Wildman–Crippen MR) is 85.1 cm³/mol. The highest BCUT2D eigenvalue weighted by molar-refractivity contribution is 9.12. The van der Waals surface area contributed by atoms with Crippen LogP contribution >= 0.6 is 27.7 Å². The number of hydrogen-bond donors (Lipinski definition) is 0. The maximum atomic E-state index is 12.3. The fourth-order valence-electron chi connectivity index (χ4n) is 2.47. The Balaban J connectivity index is 1.98. The Morgan fingerprint density at radius 1 is 1.36 bits per heavy atom. The quantitative estimate of drug-likeness (QED) is 0.240. The van der Waals surface area contributed by atoms with Crippen molar-refractivity contribution in [2.75, 3.05) is 6.79 Å². The third-order valence-corrected chi connectivity index (χ3v) is 6.11. The first-order valence-electron chi connectivity index (χ1n) is 6.94. The van der Waals surface area contributed by atoms with E-state index in [1.54, 1.807) is 20.8 Å². The van der Waals surface area contributed by atoms with Crippen molar-refractivity contribution in [3.63, 3.8) is 0 Å². The molecular formula is C14H20BrNO5S. The molecule has 6 nitrogen and oxygen atoms in total. The number of nitrogens with zero attached hydrogens (tertiary/aromatic N) is 1. The van der Waals surface area contributed by atoms with Crippen LogP contribution in [-0.4, -0.2) is 44.1 Å². The molecule has 2 heterocycles. The fraction of sp³-hybridized carbons (Fsp3) is 0.786. The van der Waals surface area contributed by atoms with Crippen LogP contribution in [0.15, 0.2) is 0 Å². The molecule has 22 heavy (non-hydrogen) atoms. The maximum Gasteiger partial charge on any atom is 0.333 e. The average molecular weight is 394 g/mol. The number of thioether (sulfide) groups is 1. The van der Waals surface area contributed by atoms with E-state index >= 15 is 0 Å². The summed E-state index contributed by atoms with van der Waals surface area (Å²) >= 11 is 5.03. The van der Waals surface area contributed by atoms with Gasteiger partial charge < -0.3 is 14.4 Å². The van der Waals surface area contributed by atoms with Crippen LogP contribution in [0.1, 0.15) is 41.0 Å². The molecule has 2 saturated heterocycles. The number of alkyl halides is 1. The van der Waals surface area contributed by atoms with Crippen molar-refractivity contribution in [2.45, 2.75) is 55.6 Å². The molecule has 0 spiro atoms. The minimum Gasteiger partial charge on any atom is -0.427 e. The van der Waals surface area contributed by atoms with Gasteiger partial charge in [0.15, 0.2) is 3.78 Å². The van der Waals surface area contributed by atoms with Gasteiger partial charge in [-0.25, -0.2) is 4.79 Å². The molecule has 2 rings (SSSR count). The van der Waals surface area contributed by atoms with Crippen molar-refractivity contribution in [2.24, 2.45) is 5.41 Å². The van der Waals surface area contributed by atoms with Crippen LogP contribution < -0.4 is 0 Å². The number of carbonyl (C=O) groups excluding carboxylic acids is 3. The van der Waals surface area contributed by atoms with E-state index < -0.39 is 38.7 Å². The highest BCUT2D eigenvalue weighted by atomic mass is 79.9. The van der Waals surface area contributed by atoms with Gasteiger partial charge in [0.2, 0.25) is 12.7 Å². The lowest BCUT2D eigenvalue weighted by Crippen LogP contribution is -2.61. The Morgan fingerprint density at radius 2 is 1.95 bits per heavy atom. The normalized spacial score (nSPS) is 29.6. The molecule has 1 unspecified atom stereocenters. The second-order valence-electron chi connectivity index (χ2n) is 7.00. The summed E-state index contributed by atoms with van der Waals surface area (Å²) in [6.07, 6.45) is 0.351. The Labute approximate surface area is 142 Å². The first-order chi connectivity index (χ1) is 9.88. The van der Waals surface area contributed by atoms with Gasteiger partial charge in [-0.2, -0.15) is 0 Å². The van der Waals surface area contributed by atoms with Crippen molar-refractivity contribution in [1.29, 1.82) is 0 Å². The SMILES string of the molecule is CC(C)(C)C(=O)OCOC(=O)[C@@H]1N2C(=O)CC2(Br)SC1(C)C. The molecular weight excluding hydrogens is 374 g/mol. The van der Waals surface area contributed by atoms with Crippen molar-refractivity contribution in [1.82, 2.24) is 4.90 Å². The lowest BCUT2D eigenvalue weighted by molar-refractivity contribution is -0.179. The third-order valence-electron chi connectivity index (χ3n) is 3.56. The molecule has 0 saturated carbocycles. The average Bonchev–Trinajstić information content (AvgIpc) is 2.49. The van der Waals surface area contributed by atoms with Gasteiger partial charge in [-0.3, -0.25) is 9.59 Å². The molecule has 2 aliphatic rings. The van der Waals surface area contributed by atoms with Crippen molar-refractivity contribution >= 4 is 45.5 Å². The number of amides is 1. The smallest absolute Gasteiger partial charge is 0.333 e. The first-order valence-corrected chi connectivity index (χ1v) is 8.54. The van der Waals surface area contributed by atoms with Gasteiger partial charge in [0.05, 0.1) is 11.8 Å². The van der Waals surface area contributed by atoms with E-state index in [1.807, 2.05) is 13.8 Å².